The second-order valence-corrected chi connectivity index (χ2v) is 6.29. The van der Waals surface area contributed by atoms with Crippen molar-refractivity contribution in [3.05, 3.63) is 59.4 Å². The summed E-state index contributed by atoms with van der Waals surface area (Å²) in [5.41, 5.74) is 9.07. The molecule has 8 nitrogen and oxygen atoms in total. The van der Waals surface area contributed by atoms with E-state index in [2.05, 4.69) is 20.4 Å². The second kappa shape index (κ2) is 8.51. The molecular formula is C20H24N6O2. The highest BCUT2D eigenvalue weighted by Gasteiger charge is 2.16. The molecule has 0 bridgehead atoms. The Kier molecular flexibility index (Phi) is 5.88. The number of nitrogens with one attached hydrogen (secondary N) is 1. The van der Waals surface area contributed by atoms with Gasteiger partial charge in [-0.25, -0.2) is 9.97 Å². The number of anilines is 1. The van der Waals surface area contributed by atoms with Crippen molar-refractivity contribution in [2.45, 2.75) is 40.5 Å². The molecule has 28 heavy (non-hydrogen) atoms. The van der Waals surface area contributed by atoms with Crippen LogP contribution in [0.1, 0.15) is 41.3 Å². The number of fused-ring (bicyclic) bond motifs is 1. The van der Waals surface area contributed by atoms with Gasteiger partial charge in [0.25, 0.3) is 5.91 Å². The van der Waals surface area contributed by atoms with Crippen molar-refractivity contribution < 1.29 is 9.53 Å². The smallest absolute Gasteiger partial charge is 0.273 e. The van der Waals surface area contributed by atoms with Crippen LogP contribution in [0.15, 0.2) is 36.7 Å². The van der Waals surface area contributed by atoms with Crippen molar-refractivity contribution in [2.24, 2.45) is 0 Å². The van der Waals surface area contributed by atoms with Crippen LogP contribution in [0.2, 0.25) is 0 Å². The molecule has 8 heteroatoms. The van der Waals surface area contributed by atoms with Crippen molar-refractivity contribution in [2.75, 3.05) is 5.73 Å². The average Bonchev–Trinajstić information content (AvgIpc) is 3.12. The summed E-state index contributed by atoms with van der Waals surface area (Å²) < 4.78 is 7.19. The quantitative estimate of drug-likeness (QED) is 0.610. The molecule has 0 unspecified atom stereocenters. The van der Waals surface area contributed by atoms with Crippen LogP contribution in [-0.4, -0.2) is 25.7 Å². The van der Waals surface area contributed by atoms with Gasteiger partial charge >= 0.3 is 0 Å². The minimum atomic E-state index is -0.374. The van der Waals surface area contributed by atoms with Crippen molar-refractivity contribution in [1.29, 1.82) is 0 Å². The summed E-state index contributed by atoms with van der Waals surface area (Å²) in [6, 6.07) is 5.89. The molecule has 0 aliphatic heterocycles. The van der Waals surface area contributed by atoms with Crippen LogP contribution in [0.5, 0.6) is 0 Å². The minimum Gasteiger partial charge on any atom is -0.495 e. The standard InChI is InChI=1S/C20H24N6O2/c1-4-9-28-12-16-13(3)23-18(19(21)24-16)20(27)22-10-14-7-6-8-15-11-26(5-2)25-17(14)15/h4,6-9,11H,5,10,12H2,1-3H3,(H2,21,24)(H,22,27)/b9-4-. The number of aromatic nitrogens is 4. The lowest BCUT2D eigenvalue weighted by Gasteiger charge is -2.10. The molecule has 0 saturated heterocycles. The van der Waals surface area contributed by atoms with Crippen LogP contribution < -0.4 is 11.1 Å². The van der Waals surface area contributed by atoms with E-state index in [0.29, 0.717) is 17.9 Å². The number of ether oxygens (including phenoxy) is 1. The Morgan fingerprint density at radius 1 is 1.36 bits per heavy atom. The van der Waals surface area contributed by atoms with Crippen LogP contribution in [0.4, 0.5) is 5.82 Å². The molecule has 2 heterocycles. The van der Waals surface area contributed by atoms with Gasteiger partial charge in [0.1, 0.15) is 12.3 Å². The summed E-state index contributed by atoms with van der Waals surface area (Å²) in [6.07, 6.45) is 5.33. The molecule has 3 N–H and O–H groups in total. The fourth-order valence-electron chi connectivity index (χ4n) is 2.81. The van der Waals surface area contributed by atoms with Gasteiger partial charge in [0, 0.05) is 24.7 Å². The van der Waals surface area contributed by atoms with Crippen molar-refractivity contribution in [3.63, 3.8) is 0 Å². The monoisotopic (exact) mass is 380 g/mol. The second-order valence-electron chi connectivity index (χ2n) is 6.29. The number of hydrogen-bond acceptors (Lipinski definition) is 6. The first-order valence-corrected chi connectivity index (χ1v) is 9.12. The van der Waals surface area contributed by atoms with E-state index in [0.717, 1.165) is 23.0 Å². The first-order valence-electron chi connectivity index (χ1n) is 9.12. The summed E-state index contributed by atoms with van der Waals surface area (Å²) in [6.45, 7) is 7.02. The van der Waals surface area contributed by atoms with Crippen LogP contribution in [-0.2, 0) is 24.4 Å². The number of nitrogens with two attached hydrogens (primary N) is 1. The Bertz CT molecular complexity index is 1020. The first kappa shape index (κ1) is 19.3. The van der Waals surface area contributed by atoms with Gasteiger partial charge in [-0.15, -0.1) is 0 Å². The Balaban J connectivity index is 1.75. The normalized spacial score (nSPS) is 11.2. The number of allylic oxidation sites excluding steroid dienone is 1. The molecule has 0 saturated carbocycles. The highest BCUT2D eigenvalue weighted by Crippen LogP contribution is 2.18. The van der Waals surface area contributed by atoms with Gasteiger partial charge in [-0.05, 0) is 26.3 Å². The highest BCUT2D eigenvalue weighted by molar-refractivity contribution is 5.96. The maximum atomic E-state index is 12.6. The van der Waals surface area contributed by atoms with Crippen LogP contribution in [0.25, 0.3) is 10.9 Å². The number of benzene rings is 1. The third-order valence-corrected chi connectivity index (χ3v) is 4.29. The molecule has 3 aromatic rings. The Labute approximate surface area is 163 Å². The van der Waals surface area contributed by atoms with Crippen molar-refractivity contribution >= 4 is 22.6 Å². The third-order valence-electron chi connectivity index (χ3n) is 4.29. The lowest BCUT2D eigenvalue weighted by Crippen LogP contribution is -2.26. The Morgan fingerprint density at radius 2 is 2.18 bits per heavy atom. The van der Waals surface area contributed by atoms with Gasteiger partial charge in [-0.3, -0.25) is 9.48 Å². The van der Waals surface area contributed by atoms with Crippen LogP contribution >= 0.6 is 0 Å². The zero-order valence-corrected chi connectivity index (χ0v) is 16.3. The van der Waals surface area contributed by atoms with Crippen molar-refractivity contribution in [3.8, 4) is 0 Å². The fourth-order valence-corrected chi connectivity index (χ4v) is 2.81. The zero-order chi connectivity index (χ0) is 20.1. The van der Waals surface area contributed by atoms with Gasteiger partial charge in [0.05, 0.1) is 17.5 Å². The minimum absolute atomic E-state index is 0.0793. The summed E-state index contributed by atoms with van der Waals surface area (Å²) in [5, 5.41) is 8.45. The van der Waals surface area contributed by atoms with Gasteiger partial charge in [0.15, 0.2) is 11.5 Å². The molecule has 0 radical (unpaired) electrons. The summed E-state index contributed by atoms with van der Waals surface area (Å²) in [7, 11) is 0. The number of amides is 1. The molecule has 2 aromatic heterocycles. The maximum absolute atomic E-state index is 12.6. The highest BCUT2D eigenvalue weighted by atomic mass is 16.5. The molecule has 1 amide bonds. The SMILES string of the molecule is C/C=C\OCc1nc(N)c(C(=O)NCc2cccc3cn(CC)nc23)nc1C. The summed E-state index contributed by atoms with van der Waals surface area (Å²) in [4.78, 5) is 21.2. The molecule has 0 spiro atoms. The molecule has 0 atom stereocenters. The van der Waals surface area contributed by atoms with E-state index in [1.54, 1.807) is 19.3 Å². The number of hydrogen-bond donors (Lipinski definition) is 2. The lowest BCUT2D eigenvalue weighted by atomic mass is 10.1. The number of carbonyl (C=O) groups is 1. The van der Waals surface area contributed by atoms with Gasteiger partial charge in [-0.1, -0.05) is 24.3 Å². The third kappa shape index (κ3) is 4.11. The zero-order valence-electron chi connectivity index (χ0n) is 16.3. The van der Waals surface area contributed by atoms with Gasteiger partial charge in [-0.2, -0.15) is 5.10 Å². The molecule has 1 aromatic carbocycles. The predicted octanol–water partition coefficient (Wildman–Crippen LogP) is 2.72. The van der Waals surface area contributed by atoms with Crippen LogP contribution in [0, 0.1) is 6.92 Å². The van der Waals surface area contributed by atoms with E-state index in [4.69, 9.17) is 10.5 Å². The number of carbonyl (C=O) groups excluding carboxylic acids is 1. The summed E-state index contributed by atoms with van der Waals surface area (Å²) >= 11 is 0. The van der Waals surface area contributed by atoms with Gasteiger partial charge in [0.2, 0.25) is 0 Å². The largest absolute Gasteiger partial charge is 0.495 e. The summed E-state index contributed by atoms with van der Waals surface area (Å²) in [5.74, 6) is -0.295. The molecular weight excluding hydrogens is 356 g/mol. The Morgan fingerprint density at radius 3 is 2.93 bits per heavy atom. The number of rotatable bonds is 7. The predicted molar refractivity (Wildman–Crippen MR) is 107 cm³/mol. The lowest BCUT2D eigenvalue weighted by molar-refractivity contribution is 0.0946. The Hall–Kier alpha value is -3.42. The van der Waals surface area contributed by atoms with E-state index >= 15 is 0 Å². The number of nitrogen functional groups attached to an aromatic ring is 1. The van der Waals surface area contributed by atoms with E-state index in [1.807, 2.05) is 42.9 Å². The van der Waals surface area contributed by atoms with Crippen molar-refractivity contribution in [1.82, 2.24) is 25.1 Å². The number of nitrogens with zero attached hydrogens (tertiary/aromatic N) is 4. The molecule has 0 aliphatic rings. The van der Waals surface area contributed by atoms with E-state index < -0.39 is 0 Å². The van der Waals surface area contributed by atoms with Crippen LogP contribution in [0.3, 0.4) is 0 Å². The molecule has 0 aliphatic carbocycles. The average molecular weight is 380 g/mol. The molecule has 3 rings (SSSR count). The number of aryl methyl sites for hydroxylation is 2. The maximum Gasteiger partial charge on any atom is 0.273 e. The first-order chi connectivity index (χ1) is 13.5. The molecule has 146 valence electrons. The fraction of sp³-hybridized carbons (Fsp3) is 0.300. The van der Waals surface area contributed by atoms with E-state index in [9.17, 15) is 4.79 Å². The molecule has 0 fully saturated rings. The van der Waals surface area contributed by atoms with E-state index in [1.165, 1.54) is 0 Å². The topological polar surface area (TPSA) is 108 Å². The van der Waals surface area contributed by atoms with Gasteiger partial charge < -0.3 is 15.8 Å². The van der Waals surface area contributed by atoms with E-state index in [-0.39, 0.29) is 24.0 Å².